The lowest BCUT2D eigenvalue weighted by Gasteiger charge is -2.12. The second-order valence-corrected chi connectivity index (χ2v) is 12.0. The highest BCUT2D eigenvalue weighted by Crippen LogP contribution is 2.37. The van der Waals surface area contributed by atoms with Gasteiger partial charge in [0.2, 0.25) is 0 Å². The fraction of sp³-hybridized carbons (Fsp3) is 0. The lowest BCUT2D eigenvalue weighted by atomic mass is 9.97. The third-order valence-corrected chi connectivity index (χ3v) is 9.13. The van der Waals surface area contributed by atoms with Crippen LogP contribution in [0.25, 0.3) is 89.0 Å². The Morgan fingerprint density at radius 2 is 0.957 bits per heavy atom. The maximum Gasteiger partial charge on any atom is 0.160 e. The first-order valence-electron chi connectivity index (χ1n) is 15.4. The predicted octanol–water partition coefficient (Wildman–Crippen LogP) is 10.5. The van der Waals surface area contributed by atoms with Crippen LogP contribution in [-0.4, -0.2) is 23.7 Å². The van der Waals surface area contributed by atoms with E-state index in [4.69, 9.17) is 15.0 Å². The normalized spacial score (nSPS) is 11.4. The molecule has 0 atom stereocenters. The number of pyridine rings is 1. The van der Waals surface area contributed by atoms with Gasteiger partial charge in [-0.25, -0.2) is 15.0 Å². The highest BCUT2D eigenvalue weighted by molar-refractivity contribution is 7.00. The molecule has 0 saturated carbocycles. The number of hydrogen-bond donors (Lipinski definition) is 0. The van der Waals surface area contributed by atoms with Gasteiger partial charge >= 0.3 is 0 Å². The third kappa shape index (κ3) is 4.92. The Labute approximate surface area is 275 Å². The summed E-state index contributed by atoms with van der Waals surface area (Å²) in [5, 5.41) is 3.28. The van der Waals surface area contributed by atoms with Crippen LogP contribution in [0.1, 0.15) is 0 Å². The van der Waals surface area contributed by atoms with E-state index in [0.717, 1.165) is 83.2 Å². The summed E-state index contributed by atoms with van der Waals surface area (Å²) in [5.74, 6) is 0.711. The summed E-state index contributed by atoms with van der Waals surface area (Å²) in [6, 6.07) is 52.2. The van der Waals surface area contributed by atoms with Crippen LogP contribution in [0.5, 0.6) is 0 Å². The summed E-state index contributed by atoms with van der Waals surface area (Å²) in [5.41, 5.74) is 11.9. The van der Waals surface area contributed by atoms with Gasteiger partial charge in [-0.15, -0.1) is 0 Å². The summed E-state index contributed by atoms with van der Waals surface area (Å²) < 4.78 is 9.14. The van der Waals surface area contributed by atoms with Gasteiger partial charge in [-0.3, -0.25) is 0 Å². The molecule has 0 spiro atoms. The van der Waals surface area contributed by atoms with Gasteiger partial charge < -0.3 is 0 Å². The molecule has 3 heterocycles. The van der Waals surface area contributed by atoms with E-state index in [-0.39, 0.29) is 0 Å². The molecule has 6 heteroatoms. The van der Waals surface area contributed by atoms with Gasteiger partial charge in [-0.05, 0) is 35.4 Å². The summed E-state index contributed by atoms with van der Waals surface area (Å²) in [6.45, 7) is 0. The van der Waals surface area contributed by atoms with Crippen LogP contribution in [0.3, 0.4) is 0 Å². The average molecular weight is 620 g/mol. The number of fused-ring (bicyclic) bond motifs is 5. The smallest absolute Gasteiger partial charge is 0.160 e. The van der Waals surface area contributed by atoms with Crippen LogP contribution >= 0.6 is 11.7 Å². The fourth-order valence-electron chi connectivity index (χ4n) is 6.23. The zero-order chi connectivity index (χ0) is 31.2. The van der Waals surface area contributed by atoms with Crippen molar-refractivity contribution in [3.63, 3.8) is 0 Å². The second kappa shape index (κ2) is 11.4. The molecule has 3 aromatic heterocycles. The Kier molecular flexibility index (Phi) is 6.58. The summed E-state index contributed by atoms with van der Waals surface area (Å²) in [4.78, 5) is 15.0. The number of hydrogen-bond acceptors (Lipinski definition) is 6. The van der Waals surface area contributed by atoms with Crippen molar-refractivity contribution in [3.05, 3.63) is 152 Å². The first-order chi connectivity index (χ1) is 23.3. The highest BCUT2D eigenvalue weighted by Gasteiger charge is 2.15. The van der Waals surface area contributed by atoms with E-state index >= 15 is 0 Å². The quantitative estimate of drug-likeness (QED) is 0.179. The molecule has 0 fully saturated rings. The Morgan fingerprint density at radius 3 is 1.66 bits per heavy atom. The van der Waals surface area contributed by atoms with Crippen molar-refractivity contribution in [2.45, 2.75) is 0 Å². The number of nitrogens with zero attached hydrogens (tertiary/aromatic N) is 5. The molecule has 0 radical (unpaired) electrons. The average Bonchev–Trinajstić information content (AvgIpc) is 3.65. The molecule has 0 aliphatic heterocycles. The van der Waals surface area contributed by atoms with Gasteiger partial charge in [0.15, 0.2) is 5.82 Å². The topological polar surface area (TPSA) is 64.5 Å². The molecule has 5 nitrogen and oxygen atoms in total. The van der Waals surface area contributed by atoms with Gasteiger partial charge in [0.25, 0.3) is 0 Å². The number of benzene rings is 6. The lowest BCUT2D eigenvalue weighted by molar-refractivity contribution is 1.18. The Morgan fingerprint density at radius 1 is 0.383 bits per heavy atom. The van der Waals surface area contributed by atoms with Gasteiger partial charge in [0.1, 0.15) is 11.0 Å². The van der Waals surface area contributed by atoms with Crippen molar-refractivity contribution >= 4 is 44.4 Å². The van der Waals surface area contributed by atoms with E-state index in [1.54, 1.807) is 0 Å². The largest absolute Gasteiger partial charge is 0.247 e. The zero-order valence-electron chi connectivity index (χ0n) is 25.1. The first kappa shape index (κ1) is 27.2. The molecule has 220 valence electrons. The predicted molar refractivity (Wildman–Crippen MR) is 193 cm³/mol. The van der Waals surface area contributed by atoms with Gasteiger partial charge in [-0.2, -0.15) is 8.75 Å². The maximum absolute atomic E-state index is 5.11. The molecule has 9 rings (SSSR count). The molecule has 0 bridgehead atoms. The van der Waals surface area contributed by atoms with E-state index in [1.165, 1.54) is 11.7 Å². The Bertz CT molecular complexity index is 2490. The summed E-state index contributed by atoms with van der Waals surface area (Å²) >= 11 is 1.25. The minimum atomic E-state index is 0.711. The molecule has 0 N–H and O–H groups in total. The minimum Gasteiger partial charge on any atom is -0.247 e. The molecule has 0 unspecified atom stereocenters. The van der Waals surface area contributed by atoms with E-state index in [2.05, 4.69) is 99.7 Å². The van der Waals surface area contributed by atoms with E-state index < -0.39 is 0 Å². The number of para-hydroxylation sites is 1. The molecule has 6 aromatic carbocycles. The number of rotatable bonds is 5. The Balaban J connectivity index is 1.08. The Hall–Kier alpha value is -6.11. The van der Waals surface area contributed by atoms with Crippen LogP contribution < -0.4 is 0 Å². The molecule has 47 heavy (non-hydrogen) atoms. The standard InChI is InChI=1S/C41H25N5S/c1-3-9-28(10-4-1)36-25-37(44-41(43-36)31-11-5-2-6-12-31)29-19-15-26(16-20-29)27-17-21-30(22-18-27)39-33-23-24-35-40(46-47-45-35)38(33)32-13-7-8-14-34(32)42-39/h1-25H. The molecule has 9 aromatic rings. The van der Waals surface area contributed by atoms with E-state index in [1.807, 2.05) is 60.7 Å². The SMILES string of the molecule is c1ccc(-c2cc(-c3ccc(-c4ccc(-c5nc6ccccc6c6c5ccc5nsnc56)cc4)cc3)nc(-c3ccccc3)n2)cc1. The maximum atomic E-state index is 5.11. The molecule has 0 saturated heterocycles. The molecule has 0 aliphatic rings. The van der Waals surface area contributed by atoms with Gasteiger partial charge in [-0.1, -0.05) is 127 Å². The van der Waals surface area contributed by atoms with Crippen molar-refractivity contribution in [3.8, 4) is 56.3 Å². The molecule has 0 aliphatic carbocycles. The first-order valence-corrected chi connectivity index (χ1v) is 16.2. The molecular weight excluding hydrogens is 595 g/mol. The molecular formula is C41H25N5S. The van der Waals surface area contributed by atoms with Crippen LogP contribution in [-0.2, 0) is 0 Å². The van der Waals surface area contributed by atoms with Crippen LogP contribution in [0.2, 0.25) is 0 Å². The van der Waals surface area contributed by atoms with Crippen molar-refractivity contribution in [2.75, 3.05) is 0 Å². The highest BCUT2D eigenvalue weighted by atomic mass is 32.1. The minimum absolute atomic E-state index is 0.711. The second-order valence-electron chi connectivity index (χ2n) is 11.4. The van der Waals surface area contributed by atoms with Crippen LogP contribution in [0, 0.1) is 0 Å². The van der Waals surface area contributed by atoms with Gasteiger partial charge in [0, 0.05) is 38.4 Å². The summed E-state index contributed by atoms with van der Waals surface area (Å²) in [6.07, 6.45) is 0. The van der Waals surface area contributed by atoms with Crippen molar-refractivity contribution in [2.24, 2.45) is 0 Å². The van der Waals surface area contributed by atoms with E-state index in [0.29, 0.717) is 5.82 Å². The van der Waals surface area contributed by atoms with Crippen molar-refractivity contribution < 1.29 is 0 Å². The van der Waals surface area contributed by atoms with Gasteiger partial charge in [0.05, 0.1) is 34.3 Å². The molecule has 0 amide bonds. The lowest BCUT2D eigenvalue weighted by Crippen LogP contribution is -1.95. The van der Waals surface area contributed by atoms with Crippen molar-refractivity contribution in [1.29, 1.82) is 0 Å². The summed E-state index contributed by atoms with van der Waals surface area (Å²) in [7, 11) is 0. The van der Waals surface area contributed by atoms with E-state index in [9.17, 15) is 0 Å². The monoisotopic (exact) mass is 619 g/mol. The van der Waals surface area contributed by atoms with Crippen LogP contribution in [0.15, 0.2) is 152 Å². The zero-order valence-corrected chi connectivity index (χ0v) is 25.9. The third-order valence-electron chi connectivity index (χ3n) is 8.59. The fourth-order valence-corrected chi connectivity index (χ4v) is 6.77. The number of aromatic nitrogens is 5. The van der Waals surface area contributed by atoms with Crippen molar-refractivity contribution in [1.82, 2.24) is 23.7 Å². The van der Waals surface area contributed by atoms with Crippen LogP contribution in [0.4, 0.5) is 0 Å².